The molecule has 2 aliphatic heterocycles. The van der Waals surface area contributed by atoms with E-state index >= 15 is 0 Å². The van der Waals surface area contributed by atoms with Gasteiger partial charge >= 0.3 is 0 Å². The quantitative estimate of drug-likeness (QED) is 0.809. The van der Waals surface area contributed by atoms with Gasteiger partial charge in [0.05, 0.1) is 12.1 Å². The first-order valence-corrected chi connectivity index (χ1v) is 10.6. The minimum Gasteiger partial charge on any atom is -0.370 e. The number of carbonyl (C=O) groups excluding carboxylic acids is 1. The number of nitrogens with zero attached hydrogens (tertiary/aromatic N) is 3. The molecule has 2 N–H and O–H groups in total. The maximum atomic E-state index is 12.6. The highest BCUT2D eigenvalue weighted by atomic mass is 16.2. The first kappa shape index (κ1) is 19.2. The maximum Gasteiger partial charge on any atom is 0.238 e. The van der Waals surface area contributed by atoms with Crippen molar-refractivity contribution < 1.29 is 4.79 Å². The van der Waals surface area contributed by atoms with Crippen molar-refractivity contribution in [2.24, 2.45) is 5.92 Å². The van der Waals surface area contributed by atoms with Crippen LogP contribution in [0.25, 0.3) is 0 Å². The van der Waals surface area contributed by atoms with E-state index in [0.717, 1.165) is 44.6 Å². The molecule has 2 heterocycles. The number of hydrogen-bond donors (Lipinski definition) is 2. The van der Waals surface area contributed by atoms with Crippen LogP contribution in [0.5, 0.6) is 0 Å². The monoisotopic (exact) mass is 381 g/mol. The van der Waals surface area contributed by atoms with Crippen LogP contribution in [0, 0.1) is 17.2 Å². The summed E-state index contributed by atoms with van der Waals surface area (Å²) in [5.41, 5.74) is 2.33. The number of benzene rings is 1. The summed E-state index contributed by atoms with van der Waals surface area (Å²) >= 11 is 0. The highest BCUT2D eigenvalue weighted by molar-refractivity contribution is 5.83. The number of anilines is 1. The number of likely N-dealkylation sites (N-methyl/N-ethyl adjacent to an activating group) is 1. The van der Waals surface area contributed by atoms with Crippen LogP contribution in [-0.2, 0) is 11.2 Å². The van der Waals surface area contributed by atoms with Crippen molar-refractivity contribution in [3.05, 3.63) is 29.8 Å². The molecule has 0 spiro atoms. The SMILES string of the molecule is CN1CCCN(c2ccc(C[C@@H](C#N)NC(=O)[C@H]3N[C@@H]4CC[C@H]3C4)cc2)CC1. The zero-order chi connectivity index (χ0) is 19.5. The summed E-state index contributed by atoms with van der Waals surface area (Å²) in [6, 6.07) is 10.6. The van der Waals surface area contributed by atoms with Gasteiger partial charge in [-0.25, -0.2) is 0 Å². The number of rotatable bonds is 5. The average Bonchev–Trinajstić information content (AvgIpc) is 3.28. The van der Waals surface area contributed by atoms with Crippen molar-refractivity contribution >= 4 is 11.6 Å². The Hall–Kier alpha value is -2.10. The Labute approximate surface area is 167 Å². The standard InChI is InChI=1S/C22H31N5O/c1-26-9-2-10-27(12-11-26)20-7-3-16(4-8-20)13-19(15-23)25-22(28)21-17-5-6-18(14-17)24-21/h3-4,7-8,17-19,21,24H,2,5-6,9-14H2,1H3,(H,25,28)/t17-,18+,19-,21-/m0/s1. The van der Waals surface area contributed by atoms with Gasteiger partial charge in [0, 0.05) is 37.8 Å². The van der Waals surface area contributed by atoms with E-state index in [0.29, 0.717) is 18.4 Å². The lowest BCUT2D eigenvalue weighted by atomic mass is 9.98. The highest BCUT2D eigenvalue weighted by Gasteiger charge is 2.43. The molecule has 3 fully saturated rings. The van der Waals surface area contributed by atoms with Gasteiger partial charge in [0.1, 0.15) is 6.04 Å². The van der Waals surface area contributed by atoms with Crippen LogP contribution in [0.4, 0.5) is 5.69 Å². The second-order valence-corrected chi connectivity index (χ2v) is 8.62. The topological polar surface area (TPSA) is 71.4 Å². The van der Waals surface area contributed by atoms with Crippen LogP contribution in [0.2, 0.25) is 0 Å². The van der Waals surface area contributed by atoms with E-state index < -0.39 is 6.04 Å². The fourth-order valence-electron chi connectivity index (χ4n) is 4.92. The molecule has 6 heteroatoms. The third kappa shape index (κ3) is 4.31. The summed E-state index contributed by atoms with van der Waals surface area (Å²) in [4.78, 5) is 17.4. The Balaban J connectivity index is 1.32. The fraction of sp³-hybridized carbons (Fsp3) is 0.636. The molecule has 4 rings (SSSR count). The largest absolute Gasteiger partial charge is 0.370 e. The Morgan fingerprint density at radius 1 is 1.25 bits per heavy atom. The number of fused-ring (bicyclic) bond motifs is 2. The zero-order valence-corrected chi connectivity index (χ0v) is 16.7. The maximum absolute atomic E-state index is 12.6. The Kier molecular flexibility index (Phi) is 5.84. The Morgan fingerprint density at radius 2 is 2.07 bits per heavy atom. The molecule has 150 valence electrons. The van der Waals surface area contributed by atoms with E-state index in [-0.39, 0.29) is 11.9 Å². The molecule has 0 aromatic heterocycles. The number of nitriles is 1. The lowest BCUT2D eigenvalue weighted by Crippen LogP contribution is -2.50. The molecular weight excluding hydrogens is 350 g/mol. The molecule has 4 atom stereocenters. The molecule has 1 aromatic rings. The molecule has 1 amide bonds. The molecule has 0 unspecified atom stereocenters. The summed E-state index contributed by atoms with van der Waals surface area (Å²) in [5.74, 6) is 0.431. The van der Waals surface area contributed by atoms with Crippen molar-refractivity contribution in [2.45, 2.75) is 50.2 Å². The van der Waals surface area contributed by atoms with Crippen molar-refractivity contribution in [1.82, 2.24) is 15.5 Å². The molecule has 1 aliphatic carbocycles. The third-order valence-corrected chi connectivity index (χ3v) is 6.58. The summed E-state index contributed by atoms with van der Waals surface area (Å²) < 4.78 is 0. The number of amides is 1. The summed E-state index contributed by atoms with van der Waals surface area (Å²) in [5, 5.41) is 15.9. The van der Waals surface area contributed by atoms with E-state index in [1.54, 1.807) is 0 Å². The Bertz CT molecular complexity index is 727. The first-order valence-electron chi connectivity index (χ1n) is 10.6. The molecule has 2 saturated heterocycles. The van der Waals surface area contributed by atoms with Gasteiger partial charge in [-0.05, 0) is 62.9 Å². The predicted octanol–water partition coefficient (Wildman–Crippen LogP) is 1.52. The number of nitrogens with one attached hydrogen (secondary N) is 2. The average molecular weight is 382 g/mol. The third-order valence-electron chi connectivity index (χ3n) is 6.58. The minimum atomic E-state index is -0.480. The molecular formula is C22H31N5O. The molecule has 6 nitrogen and oxygen atoms in total. The molecule has 3 aliphatic rings. The van der Waals surface area contributed by atoms with Gasteiger partial charge in [0.2, 0.25) is 5.91 Å². The molecule has 1 aromatic carbocycles. The van der Waals surface area contributed by atoms with Crippen LogP contribution < -0.4 is 15.5 Å². The van der Waals surface area contributed by atoms with Gasteiger partial charge in [-0.1, -0.05) is 12.1 Å². The van der Waals surface area contributed by atoms with Crippen LogP contribution in [0.15, 0.2) is 24.3 Å². The Morgan fingerprint density at radius 3 is 2.75 bits per heavy atom. The normalized spacial score (nSPS) is 28.6. The van der Waals surface area contributed by atoms with Crippen molar-refractivity contribution in [3.8, 4) is 6.07 Å². The minimum absolute atomic E-state index is 0.0101. The van der Waals surface area contributed by atoms with Gasteiger partial charge in [0.25, 0.3) is 0 Å². The predicted molar refractivity (Wildman–Crippen MR) is 110 cm³/mol. The second kappa shape index (κ2) is 8.50. The highest BCUT2D eigenvalue weighted by Crippen LogP contribution is 2.35. The van der Waals surface area contributed by atoms with Crippen LogP contribution >= 0.6 is 0 Å². The number of carbonyl (C=O) groups is 1. The number of hydrogen-bond acceptors (Lipinski definition) is 5. The number of piperidine rings is 1. The zero-order valence-electron chi connectivity index (χ0n) is 16.7. The van der Waals surface area contributed by atoms with Crippen molar-refractivity contribution in [3.63, 3.8) is 0 Å². The van der Waals surface area contributed by atoms with Gasteiger partial charge in [0.15, 0.2) is 0 Å². The van der Waals surface area contributed by atoms with Crippen LogP contribution in [0.1, 0.15) is 31.2 Å². The second-order valence-electron chi connectivity index (χ2n) is 8.62. The van der Waals surface area contributed by atoms with E-state index in [4.69, 9.17) is 0 Å². The van der Waals surface area contributed by atoms with E-state index in [1.165, 1.54) is 18.5 Å². The molecule has 1 saturated carbocycles. The van der Waals surface area contributed by atoms with E-state index in [2.05, 4.69) is 57.8 Å². The molecule has 28 heavy (non-hydrogen) atoms. The van der Waals surface area contributed by atoms with Crippen LogP contribution in [-0.4, -0.2) is 62.2 Å². The van der Waals surface area contributed by atoms with E-state index in [1.807, 2.05) is 0 Å². The lowest BCUT2D eigenvalue weighted by Gasteiger charge is -2.24. The van der Waals surface area contributed by atoms with Crippen LogP contribution in [0.3, 0.4) is 0 Å². The fourth-order valence-corrected chi connectivity index (χ4v) is 4.92. The van der Waals surface area contributed by atoms with Gasteiger partial charge < -0.3 is 20.4 Å². The van der Waals surface area contributed by atoms with Crippen molar-refractivity contribution in [2.75, 3.05) is 38.1 Å². The van der Waals surface area contributed by atoms with Crippen molar-refractivity contribution in [1.29, 1.82) is 5.26 Å². The first-order chi connectivity index (χ1) is 13.6. The van der Waals surface area contributed by atoms with Gasteiger partial charge in [-0.15, -0.1) is 0 Å². The van der Waals surface area contributed by atoms with Gasteiger partial charge in [-0.2, -0.15) is 5.26 Å². The lowest BCUT2D eigenvalue weighted by molar-refractivity contribution is -0.124. The molecule has 0 radical (unpaired) electrons. The molecule has 2 bridgehead atoms. The van der Waals surface area contributed by atoms with Gasteiger partial charge in [-0.3, -0.25) is 4.79 Å². The smallest absolute Gasteiger partial charge is 0.238 e. The summed E-state index contributed by atoms with van der Waals surface area (Å²) in [6.45, 7) is 4.36. The summed E-state index contributed by atoms with van der Waals surface area (Å²) in [7, 11) is 2.18. The van der Waals surface area contributed by atoms with E-state index in [9.17, 15) is 10.1 Å². The summed E-state index contributed by atoms with van der Waals surface area (Å²) in [6.07, 6.45) is 5.13.